The smallest absolute Gasteiger partial charge is 0.328 e. The van der Waals surface area contributed by atoms with E-state index in [1.54, 1.807) is 18.6 Å². The number of nitrogens with zero attached hydrogens (tertiary/aromatic N) is 2. The van der Waals surface area contributed by atoms with Crippen molar-refractivity contribution in [1.82, 2.24) is 9.55 Å². The molecule has 1 N–H and O–H groups in total. The van der Waals surface area contributed by atoms with Gasteiger partial charge < -0.3 is 14.4 Å². The van der Waals surface area contributed by atoms with Crippen molar-refractivity contribution in [3.8, 4) is 5.75 Å². The fraction of sp³-hybridized carbons (Fsp3) is 0.250. The molecule has 2 rings (SSSR count). The molecule has 0 aliphatic rings. The highest BCUT2D eigenvalue weighted by atomic mass is 16.5. The largest absolute Gasteiger partial charge is 0.493 e. The van der Waals surface area contributed by atoms with Gasteiger partial charge in [0.15, 0.2) is 0 Å². The molecule has 5 heteroatoms. The van der Waals surface area contributed by atoms with Crippen molar-refractivity contribution in [3.05, 3.63) is 54.1 Å². The summed E-state index contributed by atoms with van der Waals surface area (Å²) in [4.78, 5) is 14.6. The van der Waals surface area contributed by atoms with E-state index in [-0.39, 0.29) is 0 Å². The van der Waals surface area contributed by atoms with Crippen LogP contribution in [0.2, 0.25) is 0 Å². The molecular weight excluding hydrogens is 268 g/mol. The fourth-order valence-corrected chi connectivity index (χ4v) is 2.00. The molecule has 0 saturated carbocycles. The standard InChI is InChI=1S/C16H18N2O3/c1-13-4-2-5-14(6-7-15(19)20)16(13)21-11-3-9-18-10-8-17-12-18/h2,4-8,10,12H,3,9,11H2,1H3,(H,19,20)/b7-6+. The van der Waals surface area contributed by atoms with Gasteiger partial charge in [-0.15, -0.1) is 0 Å². The Morgan fingerprint density at radius 3 is 3.05 bits per heavy atom. The summed E-state index contributed by atoms with van der Waals surface area (Å²) in [5, 5.41) is 8.72. The molecule has 0 atom stereocenters. The van der Waals surface area contributed by atoms with Crippen LogP contribution in [0.25, 0.3) is 6.08 Å². The van der Waals surface area contributed by atoms with E-state index in [4.69, 9.17) is 9.84 Å². The molecule has 1 aromatic heterocycles. The Bertz CT molecular complexity index is 618. The lowest BCUT2D eigenvalue weighted by molar-refractivity contribution is -0.131. The number of rotatable bonds is 7. The Labute approximate surface area is 123 Å². The maximum Gasteiger partial charge on any atom is 0.328 e. The molecule has 0 aliphatic heterocycles. The van der Waals surface area contributed by atoms with Gasteiger partial charge in [-0.25, -0.2) is 9.78 Å². The normalized spacial score (nSPS) is 10.9. The second-order valence-electron chi connectivity index (χ2n) is 4.67. The number of aryl methyl sites for hydroxylation is 2. The minimum atomic E-state index is -0.970. The van der Waals surface area contributed by atoms with Crippen LogP contribution >= 0.6 is 0 Å². The van der Waals surface area contributed by atoms with Crippen molar-refractivity contribution in [2.24, 2.45) is 0 Å². The third-order valence-electron chi connectivity index (χ3n) is 3.01. The van der Waals surface area contributed by atoms with E-state index in [0.717, 1.165) is 35.9 Å². The van der Waals surface area contributed by atoms with E-state index >= 15 is 0 Å². The van der Waals surface area contributed by atoms with Gasteiger partial charge in [0.05, 0.1) is 12.9 Å². The van der Waals surface area contributed by atoms with Crippen LogP contribution in [-0.4, -0.2) is 27.2 Å². The van der Waals surface area contributed by atoms with Crippen molar-refractivity contribution in [2.45, 2.75) is 19.9 Å². The third kappa shape index (κ3) is 4.49. The summed E-state index contributed by atoms with van der Waals surface area (Å²) < 4.78 is 7.81. The number of carboxylic acids is 1. The summed E-state index contributed by atoms with van der Waals surface area (Å²) in [6, 6.07) is 5.68. The molecular formula is C16H18N2O3. The predicted octanol–water partition coefficient (Wildman–Crippen LogP) is 2.76. The predicted molar refractivity (Wildman–Crippen MR) is 80.2 cm³/mol. The fourth-order valence-electron chi connectivity index (χ4n) is 2.00. The first-order valence-corrected chi connectivity index (χ1v) is 6.76. The van der Waals surface area contributed by atoms with E-state index in [1.807, 2.05) is 35.9 Å². The zero-order valence-electron chi connectivity index (χ0n) is 11.9. The first kappa shape index (κ1) is 14.8. The number of imidazole rings is 1. The van der Waals surface area contributed by atoms with Gasteiger partial charge in [0.2, 0.25) is 0 Å². The Morgan fingerprint density at radius 1 is 1.48 bits per heavy atom. The van der Waals surface area contributed by atoms with E-state index in [0.29, 0.717) is 6.61 Å². The number of ether oxygens (including phenoxy) is 1. The minimum Gasteiger partial charge on any atom is -0.493 e. The monoisotopic (exact) mass is 286 g/mol. The van der Waals surface area contributed by atoms with Gasteiger partial charge in [0.1, 0.15) is 5.75 Å². The summed E-state index contributed by atoms with van der Waals surface area (Å²) in [5.74, 6) is -0.233. The summed E-state index contributed by atoms with van der Waals surface area (Å²) in [5.41, 5.74) is 1.77. The average molecular weight is 286 g/mol. The molecule has 0 aliphatic carbocycles. The lowest BCUT2D eigenvalue weighted by Gasteiger charge is -2.12. The second-order valence-corrected chi connectivity index (χ2v) is 4.67. The van der Waals surface area contributed by atoms with Crippen molar-refractivity contribution in [1.29, 1.82) is 0 Å². The Morgan fingerprint density at radius 2 is 2.33 bits per heavy atom. The number of carbonyl (C=O) groups is 1. The van der Waals surface area contributed by atoms with Gasteiger partial charge >= 0.3 is 5.97 Å². The van der Waals surface area contributed by atoms with Crippen LogP contribution in [0.5, 0.6) is 5.75 Å². The second kappa shape index (κ2) is 7.28. The quantitative estimate of drug-likeness (QED) is 0.628. The number of para-hydroxylation sites is 1. The Balaban J connectivity index is 1.96. The number of carboxylic acid groups (broad SMARTS) is 1. The number of hydrogen-bond donors (Lipinski definition) is 1. The maximum atomic E-state index is 10.6. The molecule has 2 aromatic rings. The van der Waals surface area contributed by atoms with Gasteiger partial charge in [-0.2, -0.15) is 0 Å². The van der Waals surface area contributed by atoms with E-state index in [2.05, 4.69) is 4.98 Å². The molecule has 5 nitrogen and oxygen atoms in total. The van der Waals surface area contributed by atoms with Crippen molar-refractivity contribution in [3.63, 3.8) is 0 Å². The molecule has 1 aromatic carbocycles. The van der Waals surface area contributed by atoms with Gasteiger partial charge in [0.25, 0.3) is 0 Å². The van der Waals surface area contributed by atoms with Crippen molar-refractivity contribution >= 4 is 12.0 Å². The van der Waals surface area contributed by atoms with Crippen LogP contribution in [0.15, 0.2) is 43.0 Å². The number of hydrogen-bond acceptors (Lipinski definition) is 3. The van der Waals surface area contributed by atoms with Gasteiger partial charge in [0, 0.05) is 30.6 Å². The molecule has 1 heterocycles. The zero-order chi connectivity index (χ0) is 15.1. The van der Waals surface area contributed by atoms with E-state index < -0.39 is 5.97 Å². The highest BCUT2D eigenvalue weighted by Gasteiger charge is 2.05. The molecule has 0 amide bonds. The average Bonchev–Trinajstić information content (AvgIpc) is 2.96. The maximum absolute atomic E-state index is 10.6. The van der Waals surface area contributed by atoms with Crippen molar-refractivity contribution in [2.75, 3.05) is 6.61 Å². The first-order chi connectivity index (χ1) is 10.2. The number of aliphatic carboxylic acids is 1. The van der Waals surface area contributed by atoms with Crippen LogP contribution in [0.1, 0.15) is 17.5 Å². The molecule has 0 radical (unpaired) electrons. The topological polar surface area (TPSA) is 64.3 Å². The van der Waals surface area contributed by atoms with E-state index in [9.17, 15) is 4.79 Å². The third-order valence-corrected chi connectivity index (χ3v) is 3.01. The lowest BCUT2D eigenvalue weighted by atomic mass is 10.1. The van der Waals surface area contributed by atoms with Crippen LogP contribution < -0.4 is 4.74 Å². The first-order valence-electron chi connectivity index (χ1n) is 6.76. The number of benzene rings is 1. The van der Waals surface area contributed by atoms with Crippen molar-refractivity contribution < 1.29 is 14.6 Å². The summed E-state index contributed by atoms with van der Waals surface area (Å²) >= 11 is 0. The van der Waals surface area contributed by atoms with Gasteiger partial charge in [-0.3, -0.25) is 0 Å². The molecule has 0 unspecified atom stereocenters. The molecule has 21 heavy (non-hydrogen) atoms. The molecule has 0 fully saturated rings. The minimum absolute atomic E-state index is 0.566. The van der Waals surface area contributed by atoms with Gasteiger partial charge in [-0.05, 0) is 25.0 Å². The number of aromatic nitrogens is 2. The summed E-state index contributed by atoms with van der Waals surface area (Å²) in [6.07, 6.45) is 8.96. The summed E-state index contributed by atoms with van der Waals surface area (Å²) in [7, 11) is 0. The molecule has 110 valence electrons. The highest BCUT2D eigenvalue weighted by Crippen LogP contribution is 2.24. The van der Waals surface area contributed by atoms with Crippen LogP contribution in [0, 0.1) is 6.92 Å². The van der Waals surface area contributed by atoms with Gasteiger partial charge in [-0.1, -0.05) is 18.2 Å². The van der Waals surface area contributed by atoms with Crippen LogP contribution in [0.3, 0.4) is 0 Å². The zero-order valence-corrected chi connectivity index (χ0v) is 11.9. The molecule has 0 bridgehead atoms. The SMILES string of the molecule is Cc1cccc(/C=C/C(=O)O)c1OCCCn1ccnc1. The summed E-state index contributed by atoms with van der Waals surface area (Å²) in [6.45, 7) is 3.35. The van der Waals surface area contributed by atoms with Crippen LogP contribution in [0.4, 0.5) is 0 Å². The molecule has 0 saturated heterocycles. The lowest BCUT2D eigenvalue weighted by Crippen LogP contribution is -2.05. The Hall–Kier alpha value is -2.56. The van der Waals surface area contributed by atoms with Crippen LogP contribution in [-0.2, 0) is 11.3 Å². The Kier molecular flexibility index (Phi) is 5.15. The van der Waals surface area contributed by atoms with E-state index in [1.165, 1.54) is 0 Å². The molecule has 0 spiro atoms. The highest BCUT2D eigenvalue weighted by molar-refractivity contribution is 5.86.